The minimum Gasteiger partial charge on any atom is -0.462 e. The van der Waals surface area contributed by atoms with Gasteiger partial charge in [-0.15, -0.1) is 0 Å². The zero-order valence-corrected chi connectivity index (χ0v) is 64.5. The van der Waals surface area contributed by atoms with Crippen LogP contribution in [-0.4, -0.2) is 96.7 Å². The van der Waals surface area contributed by atoms with E-state index in [9.17, 15) is 43.2 Å². The maximum absolute atomic E-state index is 13.1. The maximum Gasteiger partial charge on any atom is 0.472 e. The Balaban J connectivity index is 5.22. The third-order valence-electron chi connectivity index (χ3n) is 18.0. The van der Waals surface area contributed by atoms with Gasteiger partial charge in [0.25, 0.3) is 0 Å². The molecule has 0 aliphatic heterocycles. The quantitative estimate of drug-likeness (QED) is 0.0222. The molecule has 0 saturated carbocycles. The van der Waals surface area contributed by atoms with Gasteiger partial charge in [-0.05, 0) is 37.5 Å². The van der Waals surface area contributed by atoms with Crippen LogP contribution in [0.5, 0.6) is 0 Å². The van der Waals surface area contributed by atoms with Gasteiger partial charge in [-0.3, -0.25) is 37.3 Å². The summed E-state index contributed by atoms with van der Waals surface area (Å²) in [6.07, 6.45) is 57.0. The highest BCUT2D eigenvalue weighted by molar-refractivity contribution is 7.47. The third kappa shape index (κ3) is 70.5. The molecule has 0 aromatic rings. The number of unbranched alkanes of at least 4 members (excludes halogenated alkanes) is 46. The monoisotopic (exact) mass is 1410 g/mol. The Kier molecular flexibility index (Phi) is 67.4. The average molecular weight is 1410 g/mol. The van der Waals surface area contributed by atoms with E-state index in [-0.39, 0.29) is 25.7 Å². The second-order valence-corrected chi connectivity index (χ2v) is 31.6. The normalized spacial score (nSPS) is 14.0. The molecule has 0 fully saturated rings. The Morgan fingerprint density at radius 1 is 0.281 bits per heavy atom. The fraction of sp³-hybridized carbons (Fsp3) is 0.948. The van der Waals surface area contributed by atoms with E-state index < -0.39 is 97.5 Å². The summed E-state index contributed by atoms with van der Waals surface area (Å²) in [7, 11) is -9.91. The first-order chi connectivity index (χ1) is 46.4. The van der Waals surface area contributed by atoms with Gasteiger partial charge in [-0.25, -0.2) is 9.13 Å². The van der Waals surface area contributed by atoms with E-state index in [1.54, 1.807) is 0 Å². The number of aliphatic hydroxyl groups excluding tert-OH is 1. The van der Waals surface area contributed by atoms with Crippen molar-refractivity contribution in [1.82, 2.24) is 0 Å². The molecule has 570 valence electrons. The number of carbonyl (C=O) groups excluding carboxylic acids is 4. The molecule has 96 heavy (non-hydrogen) atoms. The zero-order chi connectivity index (χ0) is 70.7. The minimum atomic E-state index is -4.96. The van der Waals surface area contributed by atoms with E-state index in [0.717, 1.165) is 102 Å². The Morgan fingerprint density at radius 2 is 0.479 bits per heavy atom. The van der Waals surface area contributed by atoms with Crippen LogP contribution in [0.4, 0.5) is 0 Å². The molecule has 0 amide bonds. The summed E-state index contributed by atoms with van der Waals surface area (Å²) < 4.78 is 68.5. The van der Waals surface area contributed by atoms with Crippen LogP contribution in [0.1, 0.15) is 401 Å². The number of phosphoric ester groups is 2. The number of rotatable bonds is 76. The van der Waals surface area contributed by atoms with Crippen LogP contribution in [0.25, 0.3) is 0 Å². The Hall–Kier alpha value is -1.94. The second kappa shape index (κ2) is 68.8. The van der Waals surface area contributed by atoms with Crippen LogP contribution in [0, 0.1) is 11.8 Å². The first-order valence-corrected chi connectivity index (χ1v) is 43.0. The van der Waals surface area contributed by atoms with Gasteiger partial charge >= 0.3 is 39.5 Å². The van der Waals surface area contributed by atoms with Gasteiger partial charge in [-0.2, -0.15) is 0 Å². The van der Waals surface area contributed by atoms with Crippen LogP contribution in [0.15, 0.2) is 0 Å². The van der Waals surface area contributed by atoms with E-state index >= 15 is 0 Å². The molecule has 0 aromatic carbocycles. The minimum absolute atomic E-state index is 0.105. The molecule has 0 saturated heterocycles. The molecule has 19 heteroatoms. The lowest BCUT2D eigenvalue weighted by Gasteiger charge is -2.21. The standard InChI is InChI=1S/C77H150O17P2/c1-7-9-11-13-15-17-19-21-22-23-24-25-26-27-29-31-35-43-49-55-61-76(81)93-72(65-87-74(79)59-53-47-41-34-30-28-20-18-16-14-12-10-8-2)67-91-95(83,84)89-63-71(78)64-90-96(85,86)92-68-73(66-88-75(80)60-54-48-42-38-37-40-46-52-58-70(5)6)94-77(82)62-56-50-44-36-32-33-39-45-51-57-69(3)4/h69-73,78H,7-68H2,1-6H3,(H,83,84)(H,85,86)/t71-,72-,73-/m1/s1. The fourth-order valence-electron chi connectivity index (χ4n) is 11.8. The summed E-state index contributed by atoms with van der Waals surface area (Å²) in [5, 5.41) is 10.6. The Morgan fingerprint density at radius 3 is 0.708 bits per heavy atom. The van der Waals surface area contributed by atoms with E-state index in [2.05, 4.69) is 41.5 Å². The molecule has 3 N–H and O–H groups in total. The largest absolute Gasteiger partial charge is 0.472 e. The number of hydrogen-bond acceptors (Lipinski definition) is 15. The van der Waals surface area contributed by atoms with Gasteiger partial charge in [0.15, 0.2) is 12.2 Å². The van der Waals surface area contributed by atoms with E-state index in [1.165, 1.54) is 218 Å². The van der Waals surface area contributed by atoms with Crippen LogP contribution >= 0.6 is 15.6 Å². The molecular formula is C77H150O17P2. The molecule has 0 rings (SSSR count). The van der Waals surface area contributed by atoms with Gasteiger partial charge < -0.3 is 33.8 Å². The summed E-state index contributed by atoms with van der Waals surface area (Å²) in [5.74, 6) is -0.653. The molecule has 17 nitrogen and oxygen atoms in total. The molecule has 2 unspecified atom stereocenters. The van der Waals surface area contributed by atoms with Gasteiger partial charge in [0.05, 0.1) is 26.4 Å². The number of ether oxygens (including phenoxy) is 4. The molecule has 0 spiro atoms. The average Bonchev–Trinajstić information content (AvgIpc) is 1.35. The lowest BCUT2D eigenvalue weighted by molar-refractivity contribution is -0.161. The number of aliphatic hydroxyl groups is 1. The number of carbonyl (C=O) groups is 4. The molecule has 0 heterocycles. The van der Waals surface area contributed by atoms with Crippen molar-refractivity contribution in [3.63, 3.8) is 0 Å². The highest BCUT2D eigenvalue weighted by atomic mass is 31.2. The van der Waals surface area contributed by atoms with Crippen molar-refractivity contribution in [3.05, 3.63) is 0 Å². The SMILES string of the molecule is CCCCCCCCCCCCCCCCCCCCCCC(=O)O[C@H](COC(=O)CCCCCCCCCCCCCCC)COP(=O)(O)OC[C@@H](O)COP(=O)(O)OC[C@@H](COC(=O)CCCCCCCCCCC(C)C)OC(=O)CCCCCCCCCCCC(C)C. The predicted octanol–water partition coefficient (Wildman–Crippen LogP) is 22.7. The second-order valence-electron chi connectivity index (χ2n) is 28.7. The van der Waals surface area contributed by atoms with Crippen molar-refractivity contribution in [2.24, 2.45) is 11.8 Å². The molecule has 0 bridgehead atoms. The van der Waals surface area contributed by atoms with Gasteiger partial charge in [0.1, 0.15) is 19.3 Å². The third-order valence-corrected chi connectivity index (χ3v) is 19.9. The maximum atomic E-state index is 13.1. The Bertz CT molecular complexity index is 1860. The van der Waals surface area contributed by atoms with E-state index in [4.69, 9.17) is 37.0 Å². The van der Waals surface area contributed by atoms with Crippen molar-refractivity contribution in [2.75, 3.05) is 39.6 Å². The molecular weight excluding hydrogens is 1260 g/mol. The summed E-state index contributed by atoms with van der Waals surface area (Å²) >= 11 is 0. The lowest BCUT2D eigenvalue weighted by atomic mass is 10.0. The van der Waals surface area contributed by atoms with Gasteiger partial charge in [0, 0.05) is 25.7 Å². The van der Waals surface area contributed by atoms with E-state index in [1.807, 2.05) is 0 Å². The highest BCUT2D eigenvalue weighted by Gasteiger charge is 2.30. The van der Waals surface area contributed by atoms with Crippen LogP contribution in [0.3, 0.4) is 0 Å². The van der Waals surface area contributed by atoms with Crippen molar-refractivity contribution in [1.29, 1.82) is 0 Å². The molecule has 0 aliphatic rings. The zero-order valence-electron chi connectivity index (χ0n) is 62.7. The predicted molar refractivity (Wildman–Crippen MR) is 391 cm³/mol. The molecule has 0 aromatic heterocycles. The molecule has 0 radical (unpaired) electrons. The van der Waals surface area contributed by atoms with E-state index in [0.29, 0.717) is 25.7 Å². The smallest absolute Gasteiger partial charge is 0.462 e. The Labute approximate surface area is 588 Å². The van der Waals surface area contributed by atoms with Crippen molar-refractivity contribution < 1.29 is 80.2 Å². The van der Waals surface area contributed by atoms with Crippen LogP contribution < -0.4 is 0 Å². The molecule has 0 aliphatic carbocycles. The summed E-state index contributed by atoms with van der Waals surface area (Å²) in [4.78, 5) is 72.8. The first kappa shape index (κ1) is 94.1. The first-order valence-electron chi connectivity index (χ1n) is 40.0. The molecule has 5 atom stereocenters. The summed E-state index contributed by atoms with van der Waals surface area (Å²) in [5.41, 5.74) is 0. The van der Waals surface area contributed by atoms with Crippen molar-refractivity contribution >= 4 is 39.5 Å². The highest BCUT2D eigenvalue weighted by Crippen LogP contribution is 2.45. The van der Waals surface area contributed by atoms with Crippen molar-refractivity contribution in [3.8, 4) is 0 Å². The number of hydrogen-bond donors (Lipinski definition) is 3. The van der Waals surface area contributed by atoms with Gasteiger partial charge in [0.2, 0.25) is 0 Å². The summed E-state index contributed by atoms with van der Waals surface area (Å²) in [6, 6.07) is 0. The fourth-order valence-corrected chi connectivity index (χ4v) is 13.4. The van der Waals surface area contributed by atoms with Crippen molar-refractivity contribution in [2.45, 2.75) is 419 Å². The lowest BCUT2D eigenvalue weighted by Crippen LogP contribution is -2.30. The van der Waals surface area contributed by atoms with Crippen LogP contribution in [-0.2, 0) is 65.4 Å². The topological polar surface area (TPSA) is 237 Å². The summed E-state index contributed by atoms with van der Waals surface area (Å²) in [6.45, 7) is 9.54. The number of phosphoric acid groups is 2. The van der Waals surface area contributed by atoms with Crippen LogP contribution in [0.2, 0.25) is 0 Å². The number of esters is 4. The van der Waals surface area contributed by atoms with Gasteiger partial charge in [-0.1, -0.05) is 350 Å².